The van der Waals surface area contributed by atoms with Gasteiger partial charge in [-0.25, -0.2) is 13.1 Å². The average molecular weight is 394 g/mol. The lowest BCUT2D eigenvalue weighted by molar-refractivity contribution is 0.0951. The molecule has 1 amide bonds. The maximum atomic E-state index is 12.4. The van der Waals surface area contributed by atoms with Crippen LogP contribution < -0.4 is 10.0 Å². The first-order valence-corrected chi connectivity index (χ1v) is 10.4. The Balaban J connectivity index is 1.61. The normalized spacial score (nSPS) is 11.2. The van der Waals surface area contributed by atoms with Gasteiger partial charge in [-0.3, -0.25) is 4.79 Å². The maximum Gasteiger partial charge on any atom is 0.251 e. The van der Waals surface area contributed by atoms with E-state index in [1.165, 1.54) is 24.3 Å². The van der Waals surface area contributed by atoms with Gasteiger partial charge in [0.15, 0.2) is 0 Å². The molecule has 0 saturated carbocycles. The summed E-state index contributed by atoms with van der Waals surface area (Å²) in [4.78, 5) is 12.4. The van der Waals surface area contributed by atoms with Crippen molar-refractivity contribution in [2.24, 2.45) is 0 Å². The summed E-state index contributed by atoms with van der Waals surface area (Å²) in [6, 6.07) is 23.1. The number of carbonyl (C=O) groups is 1. The summed E-state index contributed by atoms with van der Waals surface area (Å²) in [5.74, 6) is -0.248. The Hall–Kier alpha value is -2.96. The predicted octanol–water partition coefficient (Wildman–Crippen LogP) is 3.40. The second-order valence-corrected chi connectivity index (χ2v) is 8.27. The van der Waals surface area contributed by atoms with Gasteiger partial charge in [-0.15, -0.1) is 0 Å². The van der Waals surface area contributed by atoms with Crippen LogP contribution in [0, 0.1) is 6.92 Å². The number of hydrogen-bond acceptors (Lipinski definition) is 3. The first-order valence-electron chi connectivity index (χ1n) is 8.91. The van der Waals surface area contributed by atoms with Crippen molar-refractivity contribution in [1.82, 2.24) is 10.0 Å². The lowest BCUT2D eigenvalue weighted by Gasteiger charge is -2.09. The van der Waals surface area contributed by atoms with Crippen molar-refractivity contribution in [2.75, 3.05) is 0 Å². The van der Waals surface area contributed by atoms with Gasteiger partial charge in [0.25, 0.3) is 5.91 Å². The molecule has 0 heterocycles. The molecular formula is C22H22N2O3S. The van der Waals surface area contributed by atoms with Crippen LogP contribution in [0.1, 0.15) is 27.0 Å². The second-order valence-electron chi connectivity index (χ2n) is 6.51. The summed E-state index contributed by atoms with van der Waals surface area (Å²) in [6.07, 6.45) is 0. The van der Waals surface area contributed by atoms with Gasteiger partial charge in [0, 0.05) is 18.7 Å². The zero-order chi connectivity index (χ0) is 20.0. The fraction of sp³-hybridized carbons (Fsp3) is 0.136. The molecule has 6 heteroatoms. The molecule has 3 rings (SSSR count). The largest absolute Gasteiger partial charge is 0.348 e. The third kappa shape index (κ3) is 5.28. The first-order chi connectivity index (χ1) is 13.4. The zero-order valence-electron chi connectivity index (χ0n) is 15.6. The van der Waals surface area contributed by atoms with Gasteiger partial charge in [-0.05, 0) is 42.3 Å². The number of amides is 1. The van der Waals surface area contributed by atoms with Gasteiger partial charge in [0.05, 0.1) is 4.90 Å². The number of nitrogens with one attached hydrogen (secondary N) is 2. The third-order valence-electron chi connectivity index (χ3n) is 4.27. The molecule has 0 radical (unpaired) electrons. The molecule has 0 spiro atoms. The molecule has 0 aliphatic rings. The van der Waals surface area contributed by atoms with E-state index in [0.29, 0.717) is 12.1 Å². The molecule has 2 N–H and O–H groups in total. The molecule has 0 atom stereocenters. The molecule has 0 aromatic heterocycles. The summed E-state index contributed by atoms with van der Waals surface area (Å²) in [6.45, 7) is 2.62. The number of rotatable bonds is 7. The van der Waals surface area contributed by atoms with E-state index in [1.807, 2.05) is 61.5 Å². The minimum absolute atomic E-state index is 0.124. The van der Waals surface area contributed by atoms with Gasteiger partial charge in [-0.1, -0.05) is 60.2 Å². The van der Waals surface area contributed by atoms with Crippen LogP contribution in [0.25, 0.3) is 0 Å². The smallest absolute Gasteiger partial charge is 0.251 e. The maximum absolute atomic E-state index is 12.4. The van der Waals surface area contributed by atoms with Crippen molar-refractivity contribution in [3.63, 3.8) is 0 Å². The molecule has 3 aromatic rings. The van der Waals surface area contributed by atoms with Gasteiger partial charge < -0.3 is 5.32 Å². The summed E-state index contributed by atoms with van der Waals surface area (Å²) in [5, 5.41) is 2.84. The molecule has 144 valence electrons. The Bertz CT molecular complexity index is 1050. The van der Waals surface area contributed by atoms with E-state index in [0.717, 1.165) is 16.7 Å². The minimum Gasteiger partial charge on any atom is -0.348 e. The van der Waals surface area contributed by atoms with Crippen LogP contribution in [0.2, 0.25) is 0 Å². The quantitative estimate of drug-likeness (QED) is 0.645. The van der Waals surface area contributed by atoms with Gasteiger partial charge in [-0.2, -0.15) is 0 Å². The summed E-state index contributed by atoms with van der Waals surface area (Å²) < 4.78 is 27.4. The topological polar surface area (TPSA) is 75.3 Å². The van der Waals surface area contributed by atoms with E-state index in [2.05, 4.69) is 10.0 Å². The predicted molar refractivity (Wildman–Crippen MR) is 109 cm³/mol. The summed E-state index contributed by atoms with van der Waals surface area (Å²) in [5.41, 5.74) is 3.43. The Morgan fingerprint density at radius 1 is 0.821 bits per heavy atom. The van der Waals surface area contributed by atoms with E-state index < -0.39 is 10.0 Å². The number of hydrogen-bond donors (Lipinski definition) is 2. The number of carbonyl (C=O) groups excluding carboxylic acids is 1. The van der Waals surface area contributed by atoms with Gasteiger partial charge in [0.2, 0.25) is 10.0 Å². The number of sulfonamides is 1. The Morgan fingerprint density at radius 2 is 1.50 bits per heavy atom. The van der Waals surface area contributed by atoms with Crippen molar-refractivity contribution < 1.29 is 13.2 Å². The van der Waals surface area contributed by atoms with Crippen molar-refractivity contribution in [2.45, 2.75) is 24.9 Å². The molecule has 0 saturated heterocycles. The van der Waals surface area contributed by atoms with Gasteiger partial charge in [0.1, 0.15) is 0 Å². The highest BCUT2D eigenvalue weighted by Crippen LogP contribution is 2.12. The molecule has 28 heavy (non-hydrogen) atoms. The highest BCUT2D eigenvalue weighted by atomic mass is 32.2. The van der Waals surface area contributed by atoms with Crippen LogP contribution in [0.15, 0.2) is 83.8 Å². The fourth-order valence-electron chi connectivity index (χ4n) is 2.75. The van der Waals surface area contributed by atoms with E-state index in [9.17, 15) is 13.2 Å². The van der Waals surface area contributed by atoms with Crippen LogP contribution >= 0.6 is 0 Å². The zero-order valence-corrected chi connectivity index (χ0v) is 16.4. The average Bonchev–Trinajstić information content (AvgIpc) is 2.71. The molecule has 0 aliphatic heterocycles. The molecule has 0 unspecified atom stereocenters. The highest BCUT2D eigenvalue weighted by Gasteiger charge is 2.14. The summed E-state index contributed by atoms with van der Waals surface area (Å²) >= 11 is 0. The monoisotopic (exact) mass is 394 g/mol. The minimum atomic E-state index is -3.64. The lowest BCUT2D eigenvalue weighted by Crippen LogP contribution is -2.24. The summed E-state index contributed by atoms with van der Waals surface area (Å²) in [7, 11) is -3.64. The Morgan fingerprint density at radius 3 is 2.18 bits per heavy atom. The fourth-order valence-corrected chi connectivity index (χ4v) is 3.77. The highest BCUT2D eigenvalue weighted by molar-refractivity contribution is 7.89. The molecule has 5 nitrogen and oxygen atoms in total. The number of benzene rings is 3. The molecule has 3 aromatic carbocycles. The molecule has 0 aliphatic carbocycles. The van der Waals surface area contributed by atoms with Crippen LogP contribution in [0.5, 0.6) is 0 Å². The van der Waals surface area contributed by atoms with Crippen LogP contribution in [0.3, 0.4) is 0 Å². The van der Waals surface area contributed by atoms with E-state index in [1.54, 1.807) is 0 Å². The molecular weight excluding hydrogens is 372 g/mol. The molecule has 0 fully saturated rings. The van der Waals surface area contributed by atoms with Crippen molar-refractivity contribution in [1.29, 1.82) is 0 Å². The van der Waals surface area contributed by atoms with Crippen molar-refractivity contribution in [3.05, 3.63) is 101 Å². The van der Waals surface area contributed by atoms with Crippen LogP contribution in [-0.2, 0) is 23.1 Å². The van der Waals surface area contributed by atoms with E-state index >= 15 is 0 Å². The van der Waals surface area contributed by atoms with E-state index in [4.69, 9.17) is 0 Å². The SMILES string of the molecule is Cc1cccc(CNC(=O)c2ccc(S(=O)(=O)NCc3ccccc3)cc2)c1. The Kier molecular flexibility index (Phi) is 6.23. The Labute approximate surface area is 165 Å². The van der Waals surface area contributed by atoms with Gasteiger partial charge >= 0.3 is 0 Å². The van der Waals surface area contributed by atoms with Crippen LogP contribution in [-0.4, -0.2) is 14.3 Å². The lowest BCUT2D eigenvalue weighted by atomic mass is 10.1. The molecule has 0 bridgehead atoms. The third-order valence-corrected chi connectivity index (χ3v) is 5.69. The second kappa shape index (κ2) is 8.82. The first kappa shape index (κ1) is 19.8. The standard InChI is InChI=1S/C22H22N2O3S/c1-17-6-5-9-19(14-17)15-23-22(25)20-10-12-21(13-11-20)28(26,27)24-16-18-7-3-2-4-8-18/h2-14,24H,15-16H2,1H3,(H,23,25). The van der Waals surface area contributed by atoms with E-state index in [-0.39, 0.29) is 17.3 Å². The van der Waals surface area contributed by atoms with Crippen LogP contribution in [0.4, 0.5) is 0 Å². The van der Waals surface area contributed by atoms with Crippen molar-refractivity contribution >= 4 is 15.9 Å². The van der Waals surface area contributed by atoms with Crippen molar-refractivity contribution in [3.8, 4) is 0 Å². The number of aryl methyl sites for hydroxylation is 1.